The Morgan fingerprint density at radius 3 is 2.93 bits per heavy atom. The summed E-state index contributed by atoms with van der Waals surface area (Å²) in [6.45, 7) is 2.60. The number of anilines is 2. The number of ether oxygens (including phenoxy) is 1. The van der Waals surface area contributed by atoms with E-state index in [-0.39, 0.29) is 5.91 Å². The zero-order chi connectivity index (χ0) is 19.0. The average molecular weight is 383 g/mol. The fraction of sp³-hybridized carbons (Fsp3) is 0.200. The molecule has 3 aromatic rings. The molecule has 0 saturated heterocycles. The van der Waals surface area contributed by atoms with Gasteiger partial charge in [0.2, 0.25) is 0 Å². The minimum Gasteiger partial charge on any atom is -0.493 e. The lowest BCUT2D eigenvalue weighted by atomic mass is 10.0. The van der Waals surface area contributed by atoms with Gasteiger partial charge >= 0.3 is 0 Å². The summed E-state index contributed by atoms with van der Waals surface area (Å²) in [5.41, 5.74) is 5.77. The van der Waals surface area contributed by atoms with Crippen LogP contribution in [0.4, 0.5) is 11.4 Å². The predicted molar refractivity (Wildman–Crippen MR) is 106 cm³/mol. The normalized spacial score (nSPS) is 13.1. The van der Waals surface area contributed by atoms with E-state index in [1.807, 2.05) is 25.1 Å². The van der Waals surface area contributed by atoms with Gasteiger partial charge in [-0.2, -0.15) is 0 Å². The monoisotopic (exact) mass is 382 g/mol. The molecule has 3 heterocycles. The molecule has 0 fully saturated rings. The number of halogens is 1. The Hall–Kier alpha value is -2.99. The summed E-state index contributed by atoms with van der Waals surface area (Å²) in [6, 6.07) is 7.40. The Bertz CT molecular complexity index is 1030. The highest BCUT2D eigenvalue weighted by molar-refractivity contribution is 6.32. The van der Waals surface area contributed by atoms with E-state index in [9.17, 15) is 4.79 Å². The van der Waals surface area contributed by atoms with E-state index >= 15 is 0 Å². The van der Waals surface area contributed by atoms with E-state index in [2.05, 4.69) is 20.6 Å². The minimum atomic E-state index is -0.103. The van der Waals surface area contributed by atoms with E-state index < -0.39 is 0 Å². The van der Waals surface area contributed by atoms with E-state index in [0.29, 0.717) is 34.3 Å². The van der Waals surface area contributed by atoms with Crippen LogP contribution < -0.4 is 15.4 Å². The number of nitrogens with one attached hydrogen (secondary N) is 3. The van der Waals surface area contributed by atoms with Gasteiger partial charge < -0.3 is 20.4 Å². The second-order valence-electron chi connectivity index (χ2n) is 6.37. The van der Waals surface area contributed by atoms with Crippen LogP contribution in [-0.4, -0.2) is 29.5 Å². The number of nitrogens with zero attached hydrogens (tertiary/aromatic N) is 1. The molecule has 0 spiro atoms. The van der Waals surface area contributed by atoms with Gasteiger partial charge in [-0.05, 0) is 30.7 Å². The topological polar surface area (TPSA) is 79.0 Å². The molecule has 0 aliphatic carbocycles. The smallest absolute Gasteiger partial charge is 0.255 e. The third-order valence-electron chi connectivity index (χ3n) is 4.69. The van der Waals surface area contributed by atoms with Crippen LogP contribution in [0.15, 0.2) is 36.7 Å². The lowest BCUT2D eigenvalue weighted by Gasteiger charge is -2.17. The quantitative estimate of drug-likeness (QED) is 0.635. The first kappa shape index (κ1) is 17.4. The van der Waals surface area contributed by atoms with Crippen molar-refractivity contribution in [2.45, 2.75) is 13.3 Å². The number of rotatable bonds is 4. The number of fused-ring (bicyclic) bond motifs is 1. The van der Waals surface area contributed by atoms with Gasteiger partial charge in [-0.1, -0.05) is 17.7 Å². The van der Waals surface area contributed by atoms with Gasteiger partial charge in [-0.15, -0.1) is 0 Å². The molecule has 138 valence electrons. The highest BCUT2D eigenvalue weighted by atomic mass is 35.5. The van der Waals surface area contributed by atoms with Gasteiger partial charge in [0.1, 0.15) is 0 Å². The number of para-hydroxylation sites is 1. The minimum absolute atomic E-state index is 0.103. The Labute approximate surface area is 161 Å². The van der Waals surface area contributed by atoms with Gasteiger partial charge in [0.15, 0.2) is 5.75 Å². The molecule has 1 aliphatic rings. The molecule has 2 aromatic heterocycles. The number of pyridine rings is 1. The fourth-order valence-corrected chi connectivity index (χ4v) is 3.66. The van der Waals surface area contributed by atoms with Crippen LogP contribution in [0.25, 0.3) is 11.3 Å². The van der Waals surface area contributed by atoms with E-state index in [1.54, 1.807) is 25.6 Å². The SMILES string of the molecule is COc1c(Cl)cccc1Nc1c(-c2ccncc2C)[nH]c2c1C(=O)NCC2. The van der Waals surface area contributed by atoms with Gasteiger partial charge in [-0.25, -0.2) is 0 Å². The maximum Gasteiger partial charge on any atom is 0.255 e. The van der Waals surface area contributed by atoms with Crippen molar-refractivity contribution in [1.29, 1.82) is 0 Å². The second-order valence-corrected chi connectivity index (χ2v) is 6.78. The van der Waals surface area contributed by atoms with Gasteiger partial charge in [-0.3, -0.25) is 9.78 Å². The number of carbonyl (C=O) groups excluding carboxylic acids is 1. The average Bonchev–Trinajstić information content (AvgIpc) is 3.02. The highest BCUT2D eigenvalue weighted by Crippen LogP contribution is 2.41. The molecule has 4 rings (SSSR count). The van der Waals surface area contributed by atoms with Crippen molar-refractivity contribution in [2.24, 2.45) is 0 Å². The lowest BCUT2D eigenvalue weighted by molar-refractivity contribution is 0.0947. The van der Waals surface area contributed by atoms with Crippen LogP contribution in [0.2, 0.25) is 5.02 Å². The van der Waals surface area contributed by atoms with Gasteiger partial charge in [0, 0.05) is 36.6 Å². The van der Waals surface area contributed by atoms with Gasteiger partial charge in [0.05, 0.1) is 34.8 Å². The van der Waals surface area contributed by atoms with Crippen molar-refractivity contribution >= 4 is 28.9 Å². The molecule has 0 saturated carbocycles. The summed E-state index contributed by atoms with van der Waals surface area (Å²) in [4.78, 5) is 20.2. The molecule has 3 N–H and O–H groups in total. The van der Waals surface area contributed by atoms with Crippen molar-refractivity contribution in [3.63, 3.8) is 0 Å². The zero-order valence-corrected chi connectivity index (χ0v) is 15.8. The Morgan fingerprint density at radius 2 is 2.15 bits per heavy atom. The number of aromatic nitrogens is 2. The first-order valence-corrected chi connectivity index (χ1v) is 9.01. The van der Waals surface area contributed by atoms with Crippen LogP contribution in [0.3, 0.4) is 0 Å². The molecule has 0 radical (unpaired) electrons. The number of H-pyrrole nitrogens is 1. The maximum atomic E-state index is 12.6. The Balaban J connectivity index is 1.91. The number of carbonyl (C=O) groups is 1. The van der Waals surface area contributed by atoms with E-state index in [4.69, 9.17) is 16.3 Å². The largest absolute Gasteiger partial charge is 0.493 e. The van der Waals surface area contributed by atoms with Crippen molar-refractivity contribution in [1.82, 2.24) is 15.3 Å². The van der Waals surface area contributed by atoms with Crippen molar-refractivity contribution < 1.29 is 9.53 Å². The molecular weight excluding hydrogens is 364 g/mol. The van der Waals surface area contributed by atoms with E-state index in [1.165, 1.54) is 0 Å². The van der Waals surface area contributed by atoms with E-state index in [0.717, 1.165) is 28.9 Å². The van der Waals surface area contributed by atoms with Crippen molar-refractivity contribution in [3.8, 4) is 17.0 Å². The number of hydrogen-bond acceptors (Lipinski definition) is 4. The van der Waals surface area contributed by atoms with Crippen LogP contribution in [0, 0.1) is 6.92 Å². The molecule has 7 heteroatoms. The lowest BCUT2D eigenvalue weighted by Crippen LogP contribution is -2.31. The summed E-state index contributed by atoms with van der Waals surface area (Å²) in [7, 11) is 1.57. The molecule has 1 aliphatic heterocycles. The first-order valence-electron chi connectivity index (χ1n) is 8.63. The molecule has 6 nitrogen and oxygen atoms in total. The molecule has 0 bridgehead atoms. The molecule has 0 unspecified atom stereocenters. The third kappa shape index (κ3) is 3.02. The molecule has 27 heavy (non-hydrogen) atoms. The van der Waals surface area contributed by atoms with Crippen molar-refractivity contribution in [2.75, 3.05) is 19.0 Å². The van der Waals surface area contributed by atoms with Crippen molar-refractivity contribution in [3.05, 3.63) is 58.5 Å². The first-order chi connectivity index (χ1) is 13.1. The number of amides is 1. The Morgan fingerprint density at radius 1 is 1.30 bits per heavy atom. The third-order valence-corrected chi connectivity index (χ3v) is 4.98. The standard InChI is InChI=1S/C20H19ClN4O2/c1-11-10-22-8-6-12(11)17-18(16-14(24-17)7-9-23-20(16)26)25-15-5-3-4-13(21)19(15)27-2/h3-6,8,10,24-25H,7,9H2,1-2H3,(H,23,26). The van der Waals surface area contributed by atoms with Crippen LogP contribution in [0.1, 0.15) is 21.6 Å². The number of methoxy groups -OCH3 is 1. The fourth-order valence-electron chi connectivity index (χ4n) is 3.41. The number of benzene rings is 1. The number of aryl methyl sites for hydroxylation is 1. The van der Waals surface area contributed by atoms with Gasteiger partial charge in [0.25, 0.3) is 5.91 Å². The highest BCUT2D eigenvalue weighted by Gasteiger charge is 2.28. The molecule has 1 amide bonds. The summed E-state index contributed by atoms with van der Waals surface area (Å²) in [5.74, 6) is 0.427. The summed E-state index contributed by atoms with van der Waals surface area (Å²) in [5, 5.41) is 6.79. The van der Waals surface area contributed by atoms with Crippen LogP contribution in [-0.2, 0) is 6.42 Å². The van der Waals surface area contributed by atoms with Crippen LogP contribution >= 0.6 is 11.6 Å². The van der Waals surface area contributed by atoms with Crippen LogP contribution in [0.5, 0.6) is 5.75 Å². The summed E-state index contributed by atoms with van der Waals surface area (Å²) < 4.78 is 5.45. The molecule has 0 atom stereocenters. The predicted octanol–water partition coefficient (Wildman–Crippen LogP) is 4.08. The number of aromatic amines is 1. The number of hydrogen-bond donors (Lipinski definition) is 3. The zero-order valence-electron chi connectivity index (χ0n) is 15.0. The second kappa shape index (κ2) is 6.96. The summed E-state index contributed by atoms with van der Waals surface area (Å²) in [6.07, 6.45) is 4.29. The molecular formula is C20H19ClN4O2. The summed E-state index contributed by atoms with van der Waals surface area (Å²) >= 11 is 6.26. The Kier molecular flexibility index (Phi) is 4.49. The maximum absolute atomic E-state index is 12.6. The molecule has 1 aromatic carbocycles.